The van der Waals surface area contributed by atoms with Gasteiger partial charge in [-0.15, -0.1) is 0 Å². The molecule has 1 N–H and O–H groups in total. The third-order valence-corrected chi connectivity index (χ3v) is 6.64. The van der Waals surface area contributed by atoms with Crippen molar-refractivity contribution in [2.45, 2.75) is 31.7 Å². The zero-order chi connectivity index (χ0) is 22.0. The number of imide groups is 1. The molecule has 2 aliphatic heterocycles. The van der Waals surface area contributed by atoms with Crippen molar-refractivity contribution in [3.63, 3.8) is 0 Å². The smallest absolute Gasteiger partial charge is 0.325 e. The van der Waals surface area contributed by atoms with Gasteiger partial charge in [-0.05, 0) is 43.7 Å². The van der Waals surface area contributed by atoms with Gasteiger partial charge in [-0.1, -0.05) is 60.1 Å². The minimum atomic E-state index is -1.28. The molecule has 2 fully saturated rings. The van der Waals surface area contributed by atoms with Crippen LogP contribution in [0.3, 0.4) is 0 Å². The van der Waals surface area contributed by atoms with E-state index in [0.29, 0.717) is 29.6 Å². The number of nitrogens with one attached hydrogen (secondary N) is 1. The van der Waals surface area contributed by atoms with E-state index >= 15 is 0 Å². The lowest BCUT2D eigenvalue weighted by molar-refractivity contribution is -0.139. The largest absolute Gasteiger partial charge is 0.341 e. The van der Waals surface area contributed by atoms with E-state index in [4.69, 9.17) is 11.6 Å². The van der Waals surface area contributed by atoms with Gasteiger partial charge in [-0.3, -0.25) is 14.5 Å². The number of hydrogen-bond donors (Lipinski definition) is 1. The molecule has 0 radical (unpaired) electrons. The van der Waals surface area contributed by atoms with Crippen LogP contribution in [0.2, 0.25) is 5.02 Å². The average Bonchev–Trinajstić information content (AvgIpc) is 2.99. The van der Waals surface area contributed by atoms with E-state index in [1.165, 1.54) is 5.56 Å². The Morgan fingerprint density at radius 2 is 1.71 bits per heavy atom. The zero-order valence-electron chi connectivity index (χ0n) is 17.5. The molecule has 1 unspecified atom stereocenters. The Bertz CT molecular complexity index is 989. The summed E-state index contributed by atoms with van der Waals surface area (Å²) in [5, 5.41) is 3.11. The van der Waals surface area contributed by atoms with Crippen LogP contribution in [0.5, 0.6) is 0 Å². The molecule has 4 rings (SSSR count). The summed E-state index contributed by atoms with van der Waals surface area (Å²) in [4.78, 5) is 41.2. The van der Waals surface area contributed by atoms with Crippen molar-refractivity contribution < 1.29 is 14.4 Å². The number of urea groups is 1. The molecule has 2 aliphatic rings. The number of amides is 4. The number of likely N-dealkylation sites (tertiary alicyclic amines) is 1. The first-order chi connectivity index (χ1) is 14.9. The first kappa shape index (κ1) is 21.4. The molecule has 6 nitrogen and oxygen atoms in total. The summed E-state index contributed by atoms with van der Waals surface area (Å²) in [6, 6.07) is 16.7. The average molecular weight is 440 g/mol. The molecule has 2 heterocycles. The standard InChI is InChI=1S/C24H26ClN3O3/c1-24(19-9-5-6-10-20(19)25)22(30)28(23(31)26-24)16-21(29)27-13-11-18(12-14-27)15-17-7-3-2-4-8-17/h2-10,18H,11-16H2,1H3,(H,26,31). The molecule has 2 saturated heterocycles. The number of benzene rings is 2. The lowest BCUT2D eigenvalue weighted by Gasteiger charge is -2.33. The highest BCUT2D eigenvalue weighted by atomic mass is 35.5. The van der Waals surface area contributed by atoms with Gasteiger partial charge in [-0.2, -0.15) is 0 Å². The molecule has 1 atom stereocenters. The predicted molar refractivity (Wildman–Crippen MR) is 118 cm³/mol. The highest BCUT2D eigenvalue weighted by Gasteiger charge is 2.50. The van der Waals surface area contributed by atoms with Crippen molar-refractivity contribution in [1.29, 1.82) is 0 Å². The fraction of sp³-hybridized carbons (Fsp3) is 0.375. The second-order valence-electron chi connectivity index (χ2n) is 8.44. The first-order valence-corrected chi connectivity index (χ1v) is 11.0. The second-order valence-corrected chi connectivity index (χ2v) is 8.85. The van der Waals surface area contributed by atoms with Gasteiger partial charge >= 0.3 is 6.03 Å². The maximum Gasteiger partial charge on any atom is 0.325 e. The lowest BCUT2D eigenvalue weighted by atomic mass is 9.90. The SMILES string of the molecule is CC1(c2ccccc2Cl)NC(=O)N(CC(=O)N2CCC(Cc3ccccc3)CC2)C1=O. The Labute approximate surface area is 187 Å². The summed E-state index contributed by atoms with van der Waals surface area (Å²) in [7, 11) is 0. The monoisotopic (exact) mass is 439 g/mol. The number of nitrogens with zero attached hydrogens (tertiary/aromatic N) is 2. The van der Waals surface area contributed by atoms with E-state index in [1.807, 2.05) is 18.2 Å². The summed E-state index contributed by atoms with van der Waals surface area (Å²) in [5.74, 6) is -0.130. The Balaban J connectivity index is 1.36. The van der Waals surface area contributed by atoms with E-state index in [9.17, 15) is 14.4 Å². The number of carbonyl (C=O) groups is 3. The molecule has 31 heavy (non-hydrogen) atoms. The number of carbonyl (C=O) groups excluding carboxylic acids is 3. The minimum Gasteiger partial charge on any atom is -0.341 e. The van der Waals surface area contributed by atoms with Crippen LogP contribution >= 0.6 is 11.6 Å². The Morgan fingerprint density at radius 1 is 1.06 bits per heavy atom. The van der Waals surface area contributed by atoms with Crippen LogP contribution in [-0.4, -0.2) is 47.3 Å². The van der Waals surface area contributed by atoms with Crippen molar-refractivity contribution >= 4 is 29.4 Å². The van der Waals surface area contributed by atoms with E-state index in [1.54, 1.807) is 36.1 Å². The van der Waals surface area contributed by atoms with E-state index in [0.717, 1.165) is 24.2 Å². The first-order valence-electron chi connectivity index (χ1n) is 10.6. The van der Waals surface area contributed by atoms with Gasteiger partial charge in [0.05, 0.1) is 0 Å². The molecule has 0 aliphatic carbocycles. The molecule has 162 valence electrons. The van der Waals surface area contributed by atoms with Crippen LogP contribution in [0.4, 0.5) is 4.79 Å². The van der Waals surface area contributed by atoms with E-state index in [2.05, 4.69) is 17.4 Å². The summed E-state index contributed by atoms with van der Waals surface area (Å²) in [6.45, 7) is 2.64. The topological polar surface area (TPSA) is 69.7 Å². The van der Waals surface area contributed by atoms with Crippen LogP contribution in [0.25, 0.3) is 0 Å². The van der Waals surface area contributed by atoms with Crippen molar-refractivity contribution in [2.24, 2.45) is 5.92 Å². The quantitative estimate of drug-likeness (QED) is 0.724. The van der Waals surface area contributed by atoms with Crippen molar-refractivity contribution in [2.75, 3.05) is 19.6 Å². The Kier molecular flexibility index (Phi) is 6.01. The molecule has 0 spiro atoms. The fourth-order valence-electron chi connectivity index (χ4n) is 4.46. The van der Waals surface area contributed by atoms with Gasteiger partial charge in [0.2, 0.25) is 5.91 Å². The maximum absolute atomic E-state index is 13.1. The molecule has 4 amide bonds. The van der Waals surface area contributed by atoms with Gasteiger partial charge in [-0.25, -0.2) is 4.79 Å². The maximum atomic E-state index is 13.1. The second kappa shape index (κ2) is 8.71. The molecule has 0 saturated carbocycles. The third-order valence-electron chi connectivity index (χ3n) is 6.32. The third kappa shape index (κ3) is 4.30. The molecule has 2 aromatic carbocycles. The van der Waals surface area contributed by atoms with Gasteiger partial charge in [0, 0.05) is 23.7 Å². The summed E-state index contributed by atoms with van der Waals surface area (Å²) in [6.07, 6.45) is 2.84. The lowest BCUT2D eigenvalue weighted by Crippen LogP contribution is -2.47. The van der Waals surface area contributed by atoms with Gasteiger partial charge in [0.25, 0.3) is 5.91 Å². The van der Waals surface area contributed by atoms with Crippen LogP contribution in [0.15, 0.2) is 54.6 Å². The molecule has 0 aromatic heterocycles. The summed E-state index contributed by atoms with van der Waals surface area (Å²) in [5.41, 5.74) is 0.551. The van der Waals surface area contributed by atoms with Gasteiger partial charge < -0.3 is 10.2 Å². The van der Waals surface area contributed by atoms with E-state index < -0.39 is 17.5 Å². The molecule has 0 bridgehead atoms. The number of hydrogen-bond acceptors (Lipinski definition) is 3. The van der Waals surface area contributed by atoms with Crippen molar-refractivity contribution in [1.82, 2.24) is 15.1 Å². The normalized spacial score (nSPS) is 22.0. The van der Waals surface area contributed by atoms with E-state index in [-0.39, 0.29) is 12.5 Å². The van der Waals surface area contributed by atoms with Gasteiger partial charge in [0.1, 0.15) is 12.1 Å². The molecule has 2 aromatic rings. The highest BCUT2D eigenvalue weighted by molar-refractivity contribution is 6.32. The highest BCUT2D eigenvalue weighted by Crippen LogP contribution is 2.33. The Hall–Kier alpha value is -2.86. The van der Waals surface area contributed by atoms with Crippen LogP contribution in [0.1, 0.15) is 30.9 Å². The summed E-state index contributed by atoms with van der Waals surface area (Å²) >= 11 is 6.26. The minimum absolute atomic E-state index is 0.204. The number of halogens is 1. The van der Waals surface area contributed by atoms with Crippen LogP contribution < -0.4 is 5.32 Å². The van der Waals surface area contributed by atoms with Gasteiger partial charge in [0.15, 0.2) is 0 Å². The number of piperidine rings is 1. The van der Waals surface area contributed by atoms with Crippen molar-refractivity contribution in [3.8, 4) is 0 Å². The summed E-state index contributed by atoms with van der Waals surface area (Å²) < 4.78 is 0. The molecular formula is C24H26ClN3O3. The molecule has 7 heteroatoms. The Morgan fingerprint density at radius 3 is 2.39 bits per heavy atom. The molecular weight excluding hydrogens is 414 g/mol. The van der Waals surface area contributed by atoms with Crippen molar-refractivity contribution in [3.05, 3.63) is 70.7 Å². The fourth-order valence-corrected chi connectivity index (χ4v) is 4.78. The van der Waals surface area contributed by atoms with Crippen LogP contribution in [-0.2, 0) is 21.5 Å². The van der Waals surface area contributed by atoms with Crippen LogP contribution in [0, 0.1) is 5.92 Å². The predicted octanol–water partition coefficient (Wildman–Crippen LogP) is 3.59. The zero-order valence-corrected chi connectivity index (χ0v) is 18.3. The number of rotatable bonds is 5.